The Balaban J connectivity index is 1.15. The molecule has 2 saturated heterocycles. The number of carbonyl (C=O) groups is 2. The van der Waals surface area contributed by atoms with Crippen LogP contribution < -0.4 is 9.47 Å². The summed E-state index contributed by atoms with van der Waals surface area (Å²) in [5.41, 5.74) is 3.98. The summed E-state index contributed by atoms with van der Waals surface area (Å²) in [6.07, 6.45) is 6.42. The molecule has 0 unspecified atom stereocenters. The molecule has 12 heteroatoms. The first-order chi connectivity index (χ1) is 25.0. The zero-order valence-corrected chi connectivity index (χ0v) is 32.2. The molecule has 4 aromatic rings. The van der Waals surface area contributed by atoms with Crippen molar-refractivity contribution in [1.29, 1.82) is 0 Å². The third-order valence-corrected chi connectivity index (χ3v) is 9.70. The maximum atomic E-state index is 13.0. The zero-order chi connectivity index (χ0) is 37.7. The van der Waals surface area contributed by atoms with E-state index in [0.717, 1.165) is 82.5 Å². The van der Waals surface area contributed by atoms with Gasteiger partial charge in [-0.15, -0.1) is 0 Å². The summed E-state index contributed by atoms with van der Waals surface area (Å²) in [7, 11) is 0. The first-order valence-electron chi connectivity index (χ1n) is 18.7. The van der Waals surface area contributed by atoms with Crippen molar-refractivity contribution in [3.8, 4) is 45.1 Å². The van der Waals surface area contributed by atoms with Crippen molar-refractivity contribution in [2.24, 2.45) is 5.41 Å². The van der Waals surface area contributed by atoms with Gasteiger partial charge in [0.15, 0.2) is 0 Å². The Hall–Kier alpha value is -5.00. The van der Waals surface area contributed by atoms with E-state index in [0.29, 0.717) is 26.3 Å². The summed E-state index contributed by atoms with van der Waals surface area (Å²) >= 11 is 0. The molecule has 12 nitrogen and oxygen atoms in total. The number of rotatable bonds is 4. The molecule has 2 atom stereocenters. The number of H-pyrrole nitrogens is 2. The highest BCUT2D eigenvalue weighted by Crippen LogP contribution is 2.43. The van der Waals surface area contributed by atoms with Gasteiger partial charge in [-0.3, -0.25) is 9.80 Å². The lowest BCUT2D eigenvalue weighted by Crippen LogP contribution is -2.36. The minimum absolute atomic E-state index is 0.172. The van der Waals surface area contributed by atoms with E-state index in [4.69, 9.17) is 28.9 Å². The van der Waals surface area contributed by atoms with Crippen LogP contribution in [0.5, 0.6) is 11.5 Å². The molecule has 7 rings (SSSR count). The number of hydrogen-bond donors (Lipinski definition) is 2. The van der Waals surface area contributed by atoms with Crippen molar-refractivity contribution in [3.05, 3.63) is 60.4 Å². The Bertz CT molecular complexity index is 1840. The largest absolute Gasteiger partial charge is 0.492 e. The molecule has 5 heterocycles. The lowest BCUT2D eigenvalue weighted by atomic mass is 9.96. The van der Waals surface area contributed by atoms with Gasteiger partial charge in [-0.2, -0.15) is 0 Å². The van der Waals surface area contributed by atoms with Crippen LogP contribution in [0.2, 0.25) is 0 Å². The number of aromatic nitrogens is 4. The molecule has 2 amide bonds. The van der Waals surface area contributed by atoms with Gasteiger partial charge in [0.05, 0.1) is 49.1 Å². The molecule has 0 radical (unpaired) electrons. The van der Waals surface area contributed by atoms with Gasteiger partial charge in [0.25, 0.3) is 0 Å². The van der Waals surface area contributed by atoms with E-state index in [1.807, 2.05) is 66.1 Å². The minimum Gasteiger partial charge on any atom is -0.492 e. The second-order valence-electron chi connectivity index (χ2n) is 17.2. The summed E-state index contributed by atoms with van der Waals surface area (Å²) in [6, 6.07) is 12.0. The Morgan fingerprint density at radius 3 is 1.53 bits per heavy atom. The van der Waals surface area contributed by atoms with E-state index < -0.39 is 11.2 Å². The molecular formula is C41H52N6O6. The van der Waals surface area contributed by atoms with Gasteiger partial charge in [0, 0.05) is 40.8 Å². The number of amides is 2. The van der Waals surface area contributed by atoms with Crippen molar-refractivity contribution in [2.75, 3.05) is 26.3 Å². The number of ether oxygens (including phenoxy) is 4. The van der Waals surface area contributed by atoms with Crippen LogP contribution in [0.25, 0.3) is 33.6 Å². The lowest BCUT2D eigenvalue weighted by Gasteiger charge is -2.27. The summed E-state index contributed by atoms with van der Waals surface area (Å²) < 4.78 is 24.4. The fourth-order valence-corrected chi connectivity index (χ4v) is 7.14. The molecule has 282 valence electrons. The Morgan fingerprint density at radius 2 is 1.13 bits per heavy atom. The fourth-order valence-electron chi connectivity index (χ4n) is 7.14. The van der Waals surface area contributed by atoms with Gasteiger partial charge in [-0.1, -0.05) is 26.0 Å². The topological polar surface area (TPSA) is 135 Å². The highest BCUT2D eigenvalue weighted by molar-refractivity contribution is 5.81. The van der Waals surface area contributed by atoms with Crippen LogP contribution in [-0.4, -0.2) is 79.4 Å². The molecule has 0 spiro atoms. The maximum Gasteiger partial charge on any atom is 0.410 e. The molecule has 2 N–H and O–H groups in total. The lowest BCUT2D eigenvalue weighted by molar-refractivity contribution is 0.0208. The van der Waals surface area contributed by atoms with Crippen molar-refractivity contribution in [3.63, 3.8) is 0 Å². The standard InChI is InChI=1S/C41H52N6O6/c1-39(2,3)52-37(48)46-17-9-11-31(46)35-42-21-29(44-35)25-13-15-27-28-16-14-26(20-34(28)51-24-41(7,8)23-50-33(27)19-25)30-22-43-36(45-30)32-12-10-18-47(32)38(49)53-40(4,5)6/h13-16,19-22,31-32H,9-12,17-18,23-24H2,1-8H3,(H,42,44)(H,43,45)/t31-,32-/m0/s1. The summed E-state index contributed by atoms with van der Waals surface area (Å²) in [5.74, 6) is 2.98. The van der Waals surface area contributed by atoms with E-state index in [9.17, 15) is 9.59 Å². The van der Waals surface area contributed by atoms with Gasteiger partial charge in [0.2, 0.25) is 0 Å². The number of fused-ring (bicyclic) bond motifs is 3. The number of aromatic amines is 2. The zero-order valence-electron chi connectivity index (χ0n) is 32.2. The summed E-state index contributed by atoms with van der Waals surface area (Å²) in [5, 5.41) is 0. The average Bonchev–Trinajstić information content (AvgIpc) is 3.91. The third kappa shape index (κ3) is 8.01. The Kier molecular flexibility index (Phi) is 9.44. The number of hydrogen-bond acceptors (Lipinski definition) is 8. The highest BCUT2D eigenvalue weighted by Gasteiger charge is 2.36. The number of nitrogens with one attached hydrogen (secondary N) is 2. The maximum absolute atomic E-state index is 13.0. The first kappa shape index (κ1) is 36.4. The van der Waals surface area contributed by atoms with E-state index >= 15 is 0 Å². The second-order valence-corrected chi connectivity index (χ2v) is 17.2. The van der Waals surface area contributed by atoms with Crippen LogP contribution in [0, 0.1) is 5.41 Å². The van der Waals surface area contributed by atoms with E-state index in [1.165, 1.54) is 0 Å². The SMILES string of the molecule is CC1(C)COc2cc(-c3cnc([C@@H]4CCCN4C(=O)OC(C)(C)C)[nH]3)ccc2-c2ccc(-c3cnc([C@@H]4CCCN4C(=O)OC(C)(C)C)[nH]3)cc2OC1. The van der Waals surface area contributed by atoms with Crippen molar-refractivity contribution in [2.45, 2.75) is 104 Å². The van der Waals surface area contributed by atoms with E-state index in [2.05, 4.69) is 48.1 Å². The predicted molar refractivity (Wildman–Crippen MR) is 202 cm³/mol. The van der Waals surface area contributed by atoms with Crippen LogP contribution in [0.3, 0.4) is 0 Å². The molecule has 2 fully saturated rings. The molecule has 3 aliphatic rings. The Morgan fingerprint density at radius 1 is 0.717 bits per heavy atom. The molecule has 0 saturated carbocycles. The highest BCUT2D eigenvalue weighted by atomic mass is 16.6. The predicted octanol–water partition coefficient (Wildman–Crippen LogP) is 9.08. The fraction of sp³-hybridized carbons (Fsp3) is 0.512. The van der Waals surface area contributed by atoms with Gasteiger partial charge < -0.3 is 28.9 Å². The summed E-state index contributed by atoms with van der Waals surface area (Å²) in [6.45, 7) is 17.7. The van der Waals surface area contributed by atoms with Crippen molar-refractivity contribution in [1.82, 2.24) is 29.7 Å². The molecular weight excluding hydrogens is 672 g/mol. The van der Waals surface area contributed by atoms with Crippen LogP contribution in [0.4, 0.5) is 9.59 Å². The van der Waals surface area contributed by atoms with E-state index in [-0.39, 0.29) is 29.7 Å². The average molecular weight is 725 g/mol. The number of carbonyl (C=O) groups excluding carboxylic acids is 2. The number of likely N-dealkylation sites (tertiary alicyclic amines) is 2. The van der Waals surface area contributed by atoms with Gasteiger partial charge in [-0.05, 0) is 91.5 Å². The number of nitrogens with zero attached hydrogens (tertiary/aromatic N) is 4. The molecule has 0 aliphatic carbocycles. The normalized spacial score (nSPS) is 20.0. The quantitative estimate of drug-likeness (QED) is 0.213. The molecule has 3 aliphatic heterocycles. The van der Waals surface area contributed by atoms with Gasteiger partial charge >= 0.3 is 12.2 Å². The smallest absolute Gasteiger partial charge is 0.410 e. The molecule has 2 aromatic heterocycles. The van der Waals surface area contributed by atoms with Crippen molar-refractivity contribution < 1.29 is 28.5 Å². The Labute approximate surface area is 311 Å². The minimum atomic E-state index is -0.567. The van der Waals surface area contributed by atoms with Crippen LogP contribution >= 0.6 is 0 Å². The number of benzene rings is 2. The van der Waals surface area contributed by atoms with E-state index in [1.54, 1.807) is 9.80 Å². The first-order valence-corrected chi connectivity index (χ1v) is 18.7. The van der Waals surface area contributed by atoms with Crippen LogP contribution in [-0.2, 0) is 9.47 Å². The molecule has 0 bridgehead atoms. The molecule has 2 aromatic carbocycles. The number of imidazole rings is 2. The van der Waals surface area contributed by atoms with Crippen LogP contribution in [0.1, 0.15) is 105 Å². The molecule has 53 heavy (non-hydrogen) atoms. The monoisotopic (exact) mass is 724 g/mol. The second kappa shape index (κ2) is 13.8. The van der Waals surface area contributed by atoms with Crippen LogP contribution in [0.15, 0.2) is 48.8 Å². The van der Waals surface area contributed by atoms with Gasteiger partial charge in [0.1, 0.15) is 34.3 Å². The summed E-state index contributed by atoms with van der Waals surface area (Å²) in [4.78, 5) is 45.9. The third-order valence-electron chi connectivity index (χ3n) is 9.70. The van der Waals surface area contributed by atoms with Crippen molar-refractivity contribution >= 4 is 12.2 Å². The van der Waals surface area contributed by atoms with Gasteiger partial charge in [-0.25, -0.2) is 19.6 Å².